The Labute approximate surface area is 224 Å². The van der Waals surface area contributed by atoms with Crippen LogP contribution in [0, 0.1) is 17.7 Å². The SMILES string of the molecule is O=C(O)CCCC=CC[C@H]1[C@H](COCc2ccc(-c3ccccc3)cc2)[C@@H]2C[C@@]1(c1ccc(F)cc1)CO2. The number of fused-ring (bicyclic) bond motifs is 2. The summed E-state index contributed by atoms with van der Waals surface area (Å²) in [6.45, 7) is 1.78. The van der Waals surface area contributed by atoms with Crippen molar-refractivity contribution in [3.8, 4) is 11.1 Å². The molecular weight excluding hydrogens is 479 g/mol. The van der Waals surface area contributed by atoms with E-state index in [0.717, 1.165) is 30.4 Å². The van der Waals surface area contributed by atoms with Crippen molar-refractivity contribution in [1.82, 2.24) is 0 Å². The molecule has 1 saturated carbocycles. The normalized spacial score (nSPS) is 24.3. The fraction of sp³-hybridized carbons (Fsp3) is 0.364. The van der Waals surface area contributed by atoms with E-state index in [9.17, 15) is 9.18 Å². The van der Waals surface area contributed by atoms with Crippen molar-refractivity contribution < 1.29 is 23.8 Å². The Bertz CT molecular complexity index is 1220. The van der Waals surface area contributed by atoms with Crippen LogP contribution in [0.1, 0.15) is 43.2 Å². The lowest BCUT2D eigenvalue weighted by Crippen LogP contribution is -2.41. The fourth-order valence-corrected chi connectivity index (χ4v) is 6.22. The Morgan fingerprint density at radius 2 is 1.74 bits per heavy atom. The summed E-state index contributed by atoms with van der Waals surface area (Å²) in [5, 5.41) is 8.88. The molecule has 38 heavy (non-hydrogen) atoms. The molecule has 2 bridgehead atoms. The van der Waals surface area contributed by atoms with Gasteiger partial charge in [-0.25, -0.2) is 4.39 Å². The van der Waals surface area contributed by atoms with E-state index in [2.05, 4.69) is 48.6 Å². The molecule has 0 unspecified atom stereocenters. The topological polar surface area (TPSA) is 55.8 Å². The Morgan fingerprint density at radius 3 is 2.47 bits per heavy atom. The maximum atomic E-state index is 13.7. The Balaban J connectivity index is 1.25. The van der Waals surface area contributed by atoms with Crippen molar-refractivity contribution in [3.05, 3.63) is 108 Å². The number of carboxylic acid groups (broad SMARTS) is 1. The molecule has 2 aliphatic rings. The van der Waals surface area contributed by atoms with Crippen molar-refractivity contribution in [2.45, 2.75) is 50.2 Å². The number of rotatable bonds is 12. The highest BCUT2D eigenvalue weighted by atomic mass is 19.1. The first-order valence-corrected chi connectivity index (χ1v) is 13.5. The Morgan fingerprint density at radius 1 is 1.00 bits per heavy atom. The highest BCUT2D eigenvalue weighted by Gasteiger charge is 2.59. The summed E-state index contributed by atoms with van der Waals surface area (Å²) >= 11 is 0. The van der Waals surface area contributed by atoms with Crippen molar-refractivity contribution >= 4 is 5.97 Å². The minimum absolute atomic E-state index is 0.117. The van der Waals surface area contributed by atoms with Gasteiger partial charge in [-0.05, 0) is 66.0 Å². The third kappa shape index (κ3) is 5.90. The van der Waals surface area contributed by atoms with Gasteiger partial charge in [0.05, 0.1) is 25.9 Å². The number of hydrogen-bond acceptors (Lipinski definition) is 3. The lowest BCUT2D eigenvalue weighted by molar-refractivity contribution is -0.137. The van der Waals surface area contributed by atoms with Gasteiger partial charge in [0.2, 0.25) is 0 Å². The first-order chi connectivity index (χ1) is 18.5. The number of aliphatic carboxylic acids is 1. The zero-order chi connectivity index (χ0) is 26.4. The summed E-state index contributed by atoms with van der Waals surface area (Å²) in [6.07, 6.45) is 7.76. The minimum Gasteiger partial charge on any atom is -0.481 e. The first-order valence-electron chi connectivity index (χ1n) is 13.5. The third-order valence-corrected chi connectivity index (χ3v) is 8.20. The van der Waals surface area contributed by atoms with Gasteiger partial charge in [0.25, 0.3) is 0 Å². The molecule has 1 N–H and O–H groups in total. The molecule has 0 radical (unpaired) electrons. The van der Waals surface area contributed by atoms with Gasteiger partial charge in [0.15, 0.2) is 0 Å². The van der Waals surface area contributed by atoms with E-state index in [4.69, 9.17) is 14.6 Å². The molecule has 0 amide bonds. The maximum absolute atomic E-state index is 13.7. The molecule has 1 heterocycles. The van der Waals surface area contributed by atoms with Crippen molar-refractivity contribution in [2.75, 3.05) is 13.2 Å². The summed E-state index contributed by atoms with van der Waals surface area (Å²) in [5.74, 6) is -0.443. The van der Waals surface area contributed by atoms with Crippen molar-refractivity contribution in [2.24, 2.45) is 11.8 Å². The summed E-state index contributed by atoms with van der Waals surface area (Å²) in [7, 11) is 0. The van der Waals surface area contributed by atoms with Crippen molar-refractivity contribution in [3.63, 3.8) is 0 Å². The van der Waals surface area contributed by atoms with E-state index in [1.807, 2.05) is 30.3 Å². The molecule has 3 aromatic rings. The van der Waals surface area contributed by atoms with Gasteiger partial charge in [-0.2, -0.15) is 0 Å². The molecule has 4 atom stereocenters. The number of carboxylic acids is 1. The van der Waals surface area contributed by atoms with E-state index >= 15 is 0 Å². The van der Waals surface area contributed by atoms with Gasteiger partial charge >= 0.3 is 5.97 Å². The molecular formula is C33H35FO4. The van der Waals surface area contributed by atoms with Gasteiger partial charge in [-0.3, -0.25) is 4.79 Å². The van der Waals surface area contributed by atoms with Gasteiger partial charge in [0.1, 0.15) is 5.82 Å². The van der Waals surface area contributed by atoms with Gasteiger partial charge in [-0.1, -0.05) is 78.9 Å². The average molecular weight is 515 g/mol. The van der Waals surface area contributed by atoms with E-state index in [1.165, 1.54) is 11.1 Å². The molecule has 0 spiro atoms. The number of allylic oxidation sites excluding steroid dienone is 2. The van der Waals surface area contributed by atoms with Crippen LogP contribution in [-0.4, -0.2) is 30.4 Å². The van der Waals surface area contributed by atoms with Gasteiger partial charge in [-0.15, -0.1) is 0 Å². The molecule has 2 fully saturated rings. The van der Waals surface area contributed by atoms with E-state index < -0.39 is 5.97 Å². The molecule has 3 aromatic carbocycles. The zero-order valence-corrected chi connectivity index (χ0v) is 21.6. The fourth-order valence-electron chi connectivity index (χ4n) is 6.22. The van der Waals surface area contributed by atoms with Crippen LogP contribution in [0.3, 0.4) is 0 Å². The van der Waals surface area contributed by atoms with Crippen LogP contribution < -0.4 is 0 Å². The summed E-state index contributed by atoms with van der Waals surface area (Å²) in [6, 6.07) is 25.7. The molecule has 198 valence electrons. The Hall–Kier alpha value is -3.28. The number of carbonyl (C=O) groups is 1. The summed E-state index contributed by atoms with van der Waals surface area (Å²) < 4.78 is 26.2. The predicted molar refractivity (Wildman–Crippen MR) is 146 cm³/mol. The number of ether oxygens (including phenoxy) is 2. The average Bonchev–Trinajstić information content (AvgIpc) is 3.50. The second kappa shape index (κ2) is 12.1. The second-order valence-electron chi connectivity index (χ2n) is 10.6. The van der Waals surface area contributed by atoms with Crippen molar-refractivity contribution in [1.29, 1.82) is 0 Å². The number of benzene rings is 3. The van der Waals surface area contributed by atoms with Crippen LogP contribution in [0.15, 0.2) is 91.0 Å². The number of hydrogen-bond donors (Lipinski definition) is 1. The Kier molecular flexibility index (Phi) is 8.35. The van der Waals surface area contributed by atoms with Crippen LogP contribution in [0.5, 0.6) is 0 Å². The van der Waals surface area contributed by atoms with Crippen LogP contribution in [0.25, 0.3) is 11.1 Å². The molecule has 4 nitrogen and oxygen atoms in total. The standard InChI is InChI=1S/C33H35FO4/c34-28-18-16-27(17-19-28)33-20-31(38-23-33)29(30(33)10-6-1-2-7-11-32(35)36)22-37-21-24-12-14-26(15-13-24)25-8-4-3-5-9-25/h1,3-6,8-9,12-19,29-31H,2,7,10-11,20-23H2,(H,35,36)/t29-,30-,31-,33-/m0/s1. The van der Waals surface area contributed by atoms with Crippen LogP contribution in [0.2, 0.25) is 0 Å². The maximum Gasteiger partial charge on any atom is 0.303 e. The van der Waals surface area contributed by atoms with Gasteiger partial charge < -0.3 is 14.6 Å². The molecule has 0 aromatic heterocycles. The highest BCUT2D eigenvalue weighted by Crippen LogP contribution is 2.56. The first kappa shape index (κ1) is 26.3. The summed E-state index contributed by atoms with van der Waals surface area (Å²) in [5.41, 5.74) is 4.49. The summed E-state index contributed by atoms with van der Waals surface area (Å²) in [4.78, 5) is 10.8. The minimum atomic E-state index is -0.758. The molecule has 5 rings (SSSR count). The van der Waals surface area contributed by atoms with Crippen LogP contribution in [-0.2, 0) is 26.3 Å². The predicted octanol–water partition coefficient (Wildman–Crippen LogP) is 7.18. The lowest BCUT2D eigenvalue weighted by Gasteiger charge is -2.39. The van der Waals surface area contributed by atoms with E-state index in [1.54, 1.807) is 12.1 Å². The third-order valence-electron chi connectivity index (χ3n) is 8.20. The molecule has 1 aliphatic carbocycles. The largest absolute Gasteiger partial charge is 0.481 e. The van der Waals surface area contributed by atoms with E-state index in [0.29, 0.717) is 32.2 Å². The van der Waals surface area contributed by atoms with Crippen LogP contribution in [0.4, 0.5) is 4.39 Å². The quantitative estimate of drug-likeness (QED) is 0.205. The molecule has 5 heteroatoms. The smallest absolute Gasteiger partial charge is 0.303 e. The zero-order valence-electron chi connectivity index (χ0n) is 21.6. The molecule has 1 saturated heterocycles. The monoisotopic (exact) mass is 514 g/mol. The molecule has 1 aliphatic heterocycles. The van der Waals surface area contributed by atoms with E-state index in [-0.39, 0.29) is 29.7 Å². The highest BCUT2D eigenvalue weighted by molar-refractivity contribution is 5.66. The number of unbranched alkanes of at least 4 members (excludes halogenated alkanes) is 1. The number of halogens is 1. The lowest BCUT2D eigenvalue weighted by atomic mass is 9.69. The second-order valence-corrected chi connectivity index (χ2v) is 10.6. The van der Waals surface area contributed by atoms with Crippen LogP contribution >= 0.6 is 0 Å². The van der Waals surface area contributed by atoms with Gasteiger partial charge in [0, 0.05) is 17.8 Å².